The van der Waals surface area contributed by atoms with E-state index in [2.05, 4.69) is 38.2 Å². The van der Waals surface area contributed by atoms with Crippen LogP contribution < -0.4 is 10.1 Å². The molecule has 0 fully saturated rings. The van der Waals surface area contributed by atoms with Crippen molar-refractivity contribution >= 4 is 16.7 Å². The number of aliphatic hydroxyl groups is 1. The van der Waals surface area contributed by atoms with Crippen LogP contribution in [-0.4, -0.2) is 33.4 Å². The van der Waals surface area contributed by atoms with Crippen LogP contribution in [0.1, 0.15) is 23.7 Å². The van der Waals surface area contributed by atoms with Gasteiger partial charge in [0.25, 0.3) is 0 Å². The topological polar surface area (TPSA) is 72.2 Å². The maximum absolute atomic E-state index is 9.16. The molecule has 0 spiro atoms. The molecule has 3 aromatic rings. The van der Waals surface area contributed by atoms with Gasteiger partial charge in [0.2, 0.25) is 0 Å². The van der Waals surface area contributed by atoms with E-state index in [0.29, 0.717) is 0 Å². The molecular weight excluding hydrogens is 304 g/mol. The third-order valence-corrected chi connectivity index (χ3v) is 4.53. The van der Waals surface area contributed by atoms with E-state index in [1.54, 1.807) is 19.5 Å². The van der Waals surface area contributed by atoms with Gasteiger partial charge in [-0.25, -0.2) is 4.98 Å². The van der Waals surface area contributed by atoms with Crippen LogP contribution in [0.15, 0.2) is 36.8 Å². The Morgan fingerprint density at radius 3 is 3.00 bits per heavy atom. The number of nitrogens with one attached hydrogen (secondary N) is 1. The van der Waals surface area contributed by atoms with E-state index in [1.807, 2.05) is 6.07 Å². The normalized spacial score (nSPS) is 16.2. The van der Waals surface area contributed by atoms with Gasteiger partial charge in [0, 0.05) is 54.6 Å². The number of ether oxygens (including phenoxy) is 1. The van der Waals surface area contributed by atoms with Crippen molar-refractivity contribution in [3.63, 3.8) is 0 Å². The number of fused-ring (bicyclic) bond motifs is 2. The molecule has 1 unspecified atom stereocenters. The summed E-state index contributed by atoms with van der Waals surface area (Å²) >= 11 is 0. The van der Waals surface area contributed by atoms with Gasteiger partial charge in [0.1, 0.15) is 11.6 Å². The van der Waals surface area contributed by atoms with Gasteiger partial charge in [-0.05, 0) is 24.6 Å². The van der Waals surface area contributed by atoms with Gasteiger partial charge >= 0.3 is 0 Å². The smallest absolute Gasteiger partial charge is 0.148 e. The quantitative estimate of drug-likeness (QED) is 0.754. The van der Waals surface area contributed by atoms with Crippen LogP contribution in [0.2, 0.25) is 0 Å². The molecule has 0 saturated heterocycles. The highest BCUT2D eigenvalue weighted by Crippen LogP contribution is 2.37. The Labute approximate surface area is 140 Å². The molecule has 1 atom stereocenters. The lowest BCUT2D eigenvalue weighted by molar-refractivity contribution is 0.280. The Bertz CT molecular complexity index is 850. The Morgan fingerprint density at radius 1 is 1.33 bits per heavy atom. The number of hydrogen-bond donors (Lipinski definition) is 2. The molecule has 0 amide bonds. The highest BCUT2D eigenvalue weighted by atomic mass is 16.5. The molecule has 2 aromatic heterocycles. The number of rotatable bonds is 5. The molecule has 1 aliphatic heterocycles. The third-order valence-electron chi connectivity index (χ3n) is 4.53. The summed E-state index contributed by atoms with van der Waals surface area (Å²) in [5.41, 5.74) is 3.36. The van der Waals surface area contributed by atoms with E-state index in [0.717, 1.165) is 47.6 Å². The summed E-state index contributed by atoms with van der Waals surface area (Å²) < 4.78 is 7.60. The predicted molar refractivity (Wildman–Crippen MR) is 92.3 cm³/mol. The molecule has 0 saturated carbocycles. The zero-order chi connectivity index (χ0) is 16.5. The van der Waals surface area contributed by atoms with Gasteiger partial charge in [0.05, 0.1) is 18.8 Å². The lowest BCUT2D eigenvalue weighted by Gasteiger charge is -2.10. The number of hydrogen-bond acceptors (Lipinski definition) is 5. The SMILES string of the molecule is COc1ccc2c(c1)c(C1Cc3nccnc3N1)cn2CCCO. The van der Waals surface area contributed by atoms with E-state index in [1.165, 1.54) is 5.56 Å². The summed E-state index contributed by atoms with van der Waals surface area (Å²) in [6.07, 6.45) is 7.16. The van der Waals surface area contributed by atoms with Gasteiger partial charge in [0.15, 0.2) is 0 Å². The van der Waals surface area contributed by atoms with Crippen LogP contribution in [0.3, 0.4) is 0 Å². The monoisotopic (exact) mass is 324 g/mol. The minimum Gasteiger partial charge on any atom is -0.497 e. The van der Waals surface area contributed by atoms with Gasteiger partial charge in [-0.15, -0.1) is 0 Å². The van der Waals surface area contributed by atoms with Gasteiger partial charge < -0.3 is 19.7 Å². The molecule has 3 heterocycles. The molecule has 1 aliphatic rings. The minimum absolute atomic E-state index is 0.146. The Hall–Kier alpha value is -2.60. The van der Waals surface area contributed by atoms with Gasteiger partial charge in [-0.1, -0.05) is 0 Å². The maximum atomic E-state index is 9.16. The van der Waals surface area contributed by atoms with Crippen molar-refractivity contribution in [2.45, 2.75) is 25.4 Å². The predicted octanol–water partition coefficient (Wildman–Crippen LogP) is 2.53. The highest BCUT2D eigenvalue weighted by molar-refractivity contribution is 5.86. The number of aromatic nitrogens is 3. The number of anilines is 1. The number of aliphatic hydroxyl groups excluding tert-OH is 1. The van der Waals surface area contributed by atoms with Crippen molar-refractivity contribution in [3.05, 3.63) is 48.0 Å². The molecule has 2 N–H and O–H groups in total. The van der Waals surface area contributed by atoms with Gasteiger partial charge in [-0.3, -0.25) is 4.98 Å². The van der Waals surface area contributed by atoms with Crippen LogP contribution in [0.25, 0.3) is 10.9 Å². The van der Waals surface area contributed by atoms with E-state index < -0.39 is 0 Å². The summed E-state index contributed by atoms with van der Waals surface area (Å²) in [7, 11) is 1.68. The Kier molecular flexibility index (Phi) is 3.82. The molecule has 6 nitrogen and oxygen atoms in total. The van der Waals surface area contributed by atoms with Crippen LogP contribution in [-0.2, 0) is 13.0 Å². The molecule has 4 rings (SSSR count). The summed E-state index contributed by atoms with van der Waals surface area (Å²) in [5.74, 6) is 1.71. The van der Waals surface area contributed by atoms with E-state index in [9.17, 15) is 0 Å². The first kappa shape index (κ1) is 15.0. The van der Waals surface area contributed by atoms with Crippen molar-refractivity contribution in [3.8, 4) is 5.75 Å². The van der Waals surface area contributed by atoms with E-state index in [-0.39, 0.29) is 12.6 Å². The molecule has 0 aliphatic carbocycles. The average molecular weight is 324 g/mol. The average Bonchev–Trinajstić information content (AvgIpc) is 3.20. The van der Waals surface area contributed by atoms with Crippen molar-refractivity contribution < 1.29 is 9.84 Å². The summed E-state index contributed by atoms with van der Waals surface area (Å²) in [4.78, 5) is 8.78. The molecular formula is C18H20N4O2. The van der Waals surface area contributed by atoms with Crippen molar-refractivity contribution in [2.24, 2.45) is 0 Å². The lowest BCUT2D eigenvalue weighted by atomic mass is 10.0. The Morgan fingerprint density at radius 2 is 2.21 bits per heavy atom. The molecule has 1 aromatic carbocycles. The van der Waals surface area contributed by atoms with E-state index >= 15 is 0 Å². The van der Waals surface area contributed by atoms with Crippen LogP contribution in [0.4, 0.5) is 5.82 Å². The summed E-state index contributed by atoms with van der Waals surface area (Å²) in [6, 6.07) is 6.27. The largest absolute Gasteiger partial charge is 0.497 e. The molecule has 6 heteroatoms. The molecule has 124 valence electrons. The van der Waals surface area contributed by atoms with Crippen LogP contribution in [0.5, 0.6) is 5.75 Å². The second-order valence-corrected chi connectivity index (χ2v) is 5.99. The van der Waals surface area contributed by atoms with Crippen molar-refractivity contribution in [1.29, 1.82) is 0 Å². The fraction of sp³-hybridized carbons (Fsp3) is 0.333. The first-order valence-electron chi connectivity index (χ1n) is 8.14. The zero-order valence-electron chi connectivity index (χ0n) is 13.6. The number of aryl methyl sites for hydroxylation is 1. The zero-order valence-corrected chi connectivity index (χ0v) is 13.6. The summed E-state index contributed by atoms with van der Waals surface area (Å²) in [5, 5.41) is 13.8. The van der Waals surface area contributed by atoms with E-state index in [4.69, 9.17) is 9.84 Å². The molecule has 24 heavy (non-hydrogen) atoms. The van der Waals surface area contributed by atoms with Crippen LogP contribution >= 0.6 is 0 Å². The summed E-state index contributed by atoms with van der Waals surface area (Å²) in [6.45, 7) is 0.974. The maximum Gasteiger partial charge on any atom is 0.148 e. The lowest BCUT2D eigenvalue weighted by Crippen LogP contribution is -2.06. The van der Waals surface area contributed by atoms with Crippen molar-refractivity contribution in [2.75, 3.05) is 19.0 Å². The fourth-order valence-electron chi connectivity index (χ4n) is 3.37. The first-order chi connectivity index (χ1) is 11.8. The minimum atomic E-state index is 0.146. The third kappa shape index (κ3) is 2.49. The van der Waals surface area contributed by atoms with Crippen molar-refractivity contribution in [1.82, 2.24) is 14.5 Å². The second kappa shape index (κ2) is 6.13. The number of methoxy groups -OCH3 is 1. The molecule has 0 bridgehead atoms. The first-order valence-corrected chi connectivity index (χ1v) is 8.14. The van der Waals surface area contributed by atoms with Gasteiger partial charge in [-0.2, -0.15) is 0 Å². The Balaban J connectivity index is 1.77. The number of benzene rings is 1. The molecule has 0 radical (unpaired) electrons. The fourth-order valence-corrected chi connectivity index (χ4v) is 3.37. The van der Waals surface area contributed by atoms with Crippen LogP contribution in [0, 0.1) is 0 Å². The highest BCUT2D eigenvalue weighted by Gasteiger charge is 2.27. The second-order valence-electron chi connectivity index (χ2n) is 5.99. The number of nitrogens with zero attached hydrogens (tertiary/aromatic N) is 3. The standard InChI is InChI=1S/C18H20N4O2/c1-24-12-3-4-17-13(9-12)14(11-22(17)7-2-8-23)15-10-16-18(21-15)20-6-5-19-16/h3-6,9,11,15,23H,2,7-8,10H2,1H3,(H,20,21).